The number of aryl methyl sites for hydroxylation is 2. The highest BCUT2D eigenvalue weighted by molar-refractivity contribution is 7.15. The number of carbonyl (C=O) groups excluding carboxylic acids is 1. The third kappa shape index (κ3) is 2.94. The Bertz CT molecular complexity index is 1240. The van der Waals surface area contributed by atoms with Gasteiger partial charge in [-0.25, -0.2) is 9.97 Å². The number of amides is 1. The van der Waals surface area contributed by atoms with Gasteiger partial charge in [0.15, 0.2) is 0 Å². The molecule has 2 aromatic carbocycles. The second-order valence-corrected chi connectivity index (χ2v) is 9.37. The highest BCUT2D eigenvalue weighted by atomic mass is 32.1. The van der Waals surface area contributed by atoms with Crippen molar-refractivity contribution in [2.24, 2.45) is 0 Å². The predicted octanol–water partition coefficient (Wildman–Crippen LogP) is 5.45. The Morgan fingerprint density at radius 3 is 2.67 bits per heavy atom. The summed E-state index contributed by atoms with van der Waals surface area (Å²) in [7, 11) is 0. The molecular formula is C24H24N4OS. The zero-order valence-corrected chi connectivity index (χ0v) is 18.2. The van der Waals surface area contributed by atoms with E-state index in [1.54, 1.807) is 11.3 Å². The van der Waals surface area contributed by atoms with Crippen molar-refractivity contribution < 1.29 is 4.79 Å². The Morgan fingerprint density at radius 1 is 1.10 bits per heavy atom. The summed E-state index contributed by atoms with van der Waals surface area (Å²) in [6, 6.07) is 16.2. The molecule has 1 atom stereocenters. The fourth-order valence-corrected chi connectivity index (χ4v) is 5.37. The predicted molar refractivity (Wildman–Crippen MR) is 121 cm³/mol. The second-order valence-electron chi connectivity index (χ2n) is 8.17. The van der Waals surface area contributed by atoms with Crippen LogP contribution in [0.5, 0.6) is 0 Å². The summed E-state index contributed by atoms with van der Waals surface area (Å²) in [4.78, 5) is 29.7. The van der Waals surface area contributed by atoms with Gasteiger partial charge in [0.25, 0.3) is 5.91 Å². The lowest BCUT2D eigenvalue weighted by Gasteiger charge is -2.33. The molecule has 1 amide bonds. The number of rotatable bonds is 3. The van der Waals surface area contributed by atoms with Crippen molar-refractivity contribution >= 4 is 28.3 Å². The molecule has 1 fully saturated rings. The average Bonchev–Trinajstić information content (AvgIpc) is 3.46. The molecule has 1 aliphatic rings. The SMILES string of the molecule is Cc1nc(C(=O)N2CCCC2(C)c2nc3cccc(C)c3[nH]2)c(-c2ccccc2)s1. The molecule has 0 spiro atoms. The molecule has 4 aromatic rings. The summed E-state index contributed by atoms with van der Waals surface area (Å²) < 4.78 is 0. The van der Waals surface area contributed by atoms with Gasteiger partial charge in [0.1, 0.15) is 11.5 Å². The zero-order chi connectivity index (χ0) is 20.9. The van der Waals surface area contributed by atoms with E-state index in [2.05, 4.69) is 29.9 Å². The van der Waals surface area contributed by atoms with Crippen LogP contribution in [0, 0.1) is 13.8 Å². The number of hydrogen-bond donors (Lipinski definition) is 1. The van der Waals surface area contributed by atoms with Crippen molar-refractivity contribution in [1.82, 2.24) is 19.9 Å². The van der Waals surface area contributed by atoms with Gasteiger partial charge in [-0.15, -0.1) is 11.3 Å². The maximum absolute atomic E-state index is 13.8. The number of benzene rings is 2. The molecule has 5 nitrogen and oxygen atoms in total. The lowest BCUT2D eigenvalue weighted by Crippen LogP contribution is -2.44. The molecule has 2 aromatic heterocycles. The molecule has 1 unspecified atom stereocenters. The van der Waals surface area contributed by atoms with E-state index in [-0.39, 0.29) is 5.91 Å². The molecule has 5 rings (SSSR count). The number of nitrogens with zero attached hydrogens (tertiary/aromatic N) is 3. The minimum Gasteiger partial charge on any atom is -0.340 e. The fraction of sp³-hybridized carbons (Fsp3) is 0.292. The van der Waals surface area contributed by atoms with Crippen LogP contribution in [-0.2, 0) is 5.54 Å². The van der Waals surface area contributed by atoms with Crippen molar-refractivity contribution in [2.75, 3.05) is 6.54 Å². The van der Waals surface area contributed by atoms with E-state index in [4.69, 9.17) is 4.98 Å². The van der Waals surface area contributed by atoms with Crippen LogP contribution in [-0.4, -0.2) is 32.3 Å². The third-order valence-corrected chi connectivity index (χ3v) is 7.12. The fourth-order valence-electron chi connectivity index (χ4n) is 4.45. The van der Waals surface area contributed by atoms with E-state index in [1.807, 2.05) is 54.3 Å². The third-order valence-electron chi connectivity index (χ3n) is 6.10. The summed E-state index contributed by atoms with van der Waals surface area (Å²) in [5.74, 6) is 0.834. The van der Waals surface area contributed by atoms with Crippen LogP contribution in [0.4, 0.5) is 0 Å². The Hall–Kier alpha value is -2.99. The number of nitrogens with one attached hydrogen (secondary N) is 1. The minimum atomic E-state index is -0.478. The van der Waals surface area contributed by atoms with Crippen LogP contribution < -0.4 is 0 Å². The van der Waals surface area contributed by atoms with Gasteiger partial charge >= 0.3 is 0 Å². The zero-order valence-electron chi connectivity index (χ0n) is 17.4. The van der Waals surface area contributed by atoms with Crippen LogP contribution >= 0.6 is 11.3 Å². The Balaban J connectivity index is 1.57. The van der Waals surface area contributed by atoms with Gasteiger partial charge in [-0.3, -0.25) is 4.79 Å². The molecule has 152 valence electrons. The van der Waals surface area contributed by atoms with Crippen molar-refractivity contribution in [3.8, 4) is 10.4 Å². The Labute approximate surface area is 179 Å². The summed E-state index contributed by atoms with van der Waals surface area (Å²) in [6.07, 6.45) is 1.82. The van der Waals surface area contributed by atoms with E-state index in [0.29, 0.717) is 12.2 Å². The van der Waals surface area contributed by atoms with E-state index in [9.17, 15) is 4.79 Å². The number of imidazole rings is 1. The smallest absolute Gasteiger partial charge is 0.274 e. The quantitative estimate of drug-likeness (QED) is 0.483. The molecule has 0 saturated carbocycles. The van der Waals surface area contributed by atoms with Crippen LogP contribution in [0.2, 0.25) is 0 Å². The number of aromatic amines is 1. The van der Waals surface area contributed by atoms with Gasteiger partial charge in [0.2, 0.25) is 0 Å². The summed E-state index contributed by atoms with van der Waals surface area (Å²) in [5, 5.41) is 0.900. The molecule has 0 bridgehead atoms. The molecule has 0 radical (unpaired) electrons. The summed E-state index contributed by atoms with van der Waals surface area (Å²) in [6.45, 7) is 6.86. The van der Waals surface area contributed by atoms with Gasteiger partial charge in [0, 0.05) is 6.54 Å². The van der Waals surface area contributed by atoms with Crippen LogP contribution in [0.25, 0.3) is 21.5 Å². The van der Waals surface area contributed by atoms with Crippen LogP contribution in [0.15, 0.2) is 48.5 Å². The summed E-state index contributed by atoms with van der Waals surface area (Å²) in [5.41, 5.74) is 4.25. The first-order valence-corrected chi connectivity index (χ1v) is 11.1. The molecule has 0 aliphatic carbocycles. The lowest BCUT2D eigenvalue weighted by atomic mass is 9.97. The van der Waals surface area contributed by atoms with Crippen LogP contribution in [0.1, 0.15) is 46.6 Å². The number of thiazole rings is 1. The van der Waals surface area contributed by atoms with E-state index >= 15 is 0 Å². The van der Waals surface area contributed by atoms with Crippen molar-refractivity contribution in [3.63, 3.8) is 0 Å². The Morgan fingerprint density at radius 2 is 1.90 bits per heavy atom. The number of carbonyl (C=O) groups is 1. The second kappa shape index (κ2) is 7.06. The molecule has 1 saturated heterocycles. The number of aromatic nitrogens is 3. The van der Waals surface area contributed by atoms with Crippen molar-refractivity contribution in [2.45, 2.75) is 39.2 Å². The van der Waals surface area contributed by atoms with Gasteiger partial charge in [-0.2, -0.15) is 0 Å². The normalized spacial score (nSPS) is 19.0. The maximum Gasteiger partial charge on any atom is 0.274 e. The topological polar surface area (TPSA) is 61.9 Å². The first kappa shape index (κ1) is 19.0. The maximum atomic E-state index is 13.8. The van der Waals surface area contributed by atoms with Crippen molar-refractivity contribution in [1.29, 1.82) is 0 Å². The number of fused-ring (bicyclic) bond motifs is 1. The first-order chi connectivity index (χ1) is 14.5. The van der Waals surface area contributed by atoms with Gasteiger partial charge in [-0.05, 0) is 50.8 Å². The van der Waals surface area contributed by atoms with Gasteiger partial charge in [-0.1, -0.05) is 42.5 Å². The van der Waals surface area contributed by atoms with E-state index < -0.39 is 5.54 Å². The number of likely N-dealkylation sites (tertiary alicyclic amines) is 1. The van der Waals surface area contributed by atoms with Gasteiger partial charge < -0.3 is 9.88 Å². The molecule has 30 heavy (non-hydrogen) atoms. The highest BCUT2D eigenvalue weighted by Crippen LogP contribution is 2.40. The molecule has 6 heteroatoms. The molecule has 1 aliphatic heterocycles. The number of H-pyrrole nitrogens is 1. The standard InChI is InChI=1S/C24H24N4OS/c1-15-9-7-12-18-19(15)27-23(26-18)24(3)13-8-14-28(24)22(29)20-21(30-16(2)25-20)17-10-5-4-6-11-17/h4-7,9-12H,8,13-14H2,1-3H3,(H,26,27). The molecular weight excluding hydrogens is 392 g/mol. The highest BCUT2D eigenvalue weighted by Gasteiger charge is 2.44. The number of para-hydroxylation sites is 1. The number of hydrogen-bond acceptors (Lipinski definition) is 4. The average molecular weight is 417 g/mol. The van der Waals surface area contributed by atoms with Crippen molar-refractivity contribution in [3.05, 3.63) is 70.6 Å². The Kier molecular flexibility index (Phi) is 4.47. The first-order valence-electron chi connectivity index (χ1n) is 10.3. The summed E-state index contributed by atoms with van der Waals surface area (Å²) >= 11 is 1.57. The molecule has 1 N–H and O–H groups in total. The van der Waals surface area contributed by atoms with Gasteiger partial charge in [0.05, 0.1) is 26.5 Å². The largest absolute Gasteiger partial charge is 0.340 e. The van der Waals surface area contributed by atoms with E-state index in [1.165, 1.54) is 0 Å². The van der Waals surface area contributed by atoms with E-state index in [0.717, 1.165) is 50.7 Å². The molecule has 3 heterocycles. The van der Waals surface area contributed by atoms with Crippen LogP contribution in [0.3, 0.4) is 0 Å². The lowest BCUT2D eigenvalue weighted by molar-refractivity contribution is 0.0601. The monoisotopic (exact) mass is 416 g/mol. The minimum absolute atomic E-state index is 0.0182.